The molecule has 1 aliphatic heterocycles. The topological polar surface area (TPSA) is 64.3 Å². The molecule has 2 aromatic heterocycles. The van der Waals surface area contributed by atoms with E-state index in [1.54, 1.807) is 6.20 Å². The number of fused-ring (bicyclic) bond motifs is 1. The molecule has 0 amide bonds. The maximum Gasteiger partial charge on any atom is 0.203 e. The van der Waals surface area contributed by atoms with Gasteiger partial charge in [0.25, 0.3) is 0 Å². The summed E-state index contributed by atoms with van der Waals surface area (Å²) in [4.78, 5) is 4.48. The monoisotopic (exact) mass is 403 g/mol. The number of rotatable bonds is 6. The predicted octanol–water partition coefficient (Wildman–Crippen LogP) is 5.10. The number of nitrogens with one attached hydrogen (secondary N) is 1. The number of nitrogens with zero attached hydrogens (tertiary/aromatic N) is 4. The minimum absolute atomic E-state index is 0.423. The molecule has 2 aromatic carbocycles. The van der Waals surface area contributed by atoms with Crippen LogP contribution >= 0.6 is 11.8 Å². The Morgan fingerprint density at radius 1 is 1.07 bits per heavy atom. The van der Waals surface area contributed by atoms with Gasteiger partial charge in [-0.25, -0.2) is 4.98 Å². The second-order valence-corrected chi connectivity index (χ2v) is 8.26. The summed E-state index contributed by atoms with van der Waals surface area (Å²) >= 11 is 1.96. The number of aromatic nitrogens is 4. The molecule has 146 valence electrons. The second kappa shape index (κ2) is 8.13. The largest absolute Gasteiger partial charge is 0.457 e. The van der Waals surface area contributed by atoms with Crippen LogP contribution in [0.4, 0.5) is 5.82 Å². The molecule has 0 saturated carbocycles. The van der Waals surface area contributed by atoms with Crippen LogP contribution in [0.5, 0.6) is 11.5 Å². The molecule has 1 atom stereocenters. The maximum atomic E-state index is 5.93. The Hall–Kier alpha value is -3.06. The number of thioether (sulfide) groups is 1. The van der Waals surface area contributed by atoms with Crippen molar-refractivity contribution in [3.63, 3.8) is 0 Å². The second-order valence-electron chi connectivity index (χ2n) is 6.95. The summed E-state index contributed by atoms with van der Waals surface area (Å²) in [6.45, 7) is 0.624. The van der Waals surface area contributed by atoms with Crippen molar-refractivity contribution in [2.24, 2.45) is 0 Å². The molecule has 29 heavy (non-hydrogen) atoms. The highest BCUT2D eigenvalue weighted by atomic mass is 32.2. The average Bonchev–Trinajstić information content (AvgIpc) is 3.43. The van der Waals surface area contributed by atoms with Crippen LogP contribution < -0.4 is 10.1 Å². The third-order valence-corrected chi connectivity index (χ3v) is 6.28. The van der Waals surface area contributed by atoms with Crippen molar-refractivity contribution in [1.82, 2.24) is 19.6 Å². The number of hydrogen-bond donors (Lipinski definition) is 1. The average molecular weight is 404 g/mol. The summed E-state index contributed by atoms with van der Waals surface area (Å²) in [5.74, 6) is 4.58. The van der Waals surface area contributed by atoms with E-state index >= 15 is 0 Å². The lowest BCUT2D eigenvalue weighted by Crippen LogP contribution is -2.05. The van der Waals surface area contributed by atoms with Gasteiger partial charge < -0.3 is 10.1 Å². The van der Waals surface area contributed by atoms with E-state index in [0.29, 0.717) is 11.8 Å². The Bertz CT molecular complexity index is 1110. The fraction of sp³-hybridized carbons (Fsp3) is 0.227. The highest BCUT2D eigenvalue weighted by Crippen LogP contribution is 2.39. The number of ether oxygens (including phenoxy) is 1. The Morgan fingerprint density at radius 3 is 2.83 bits per heavy atom. The Morgan fingerprint density at radius 2 is 1.97 bits per heavy atom. The third kappa shape index (κ3) is 3.91. The summed E-state index contributed by atoms with van der Waals surface area (Å²) < 4.78 is 7.99. The lowest BCUT2D eigenvalue weighted by molar-refractivity contribution is 0.482. The van der Waals surface area contributed by atoms with E-state index in [-0.39, 0.29) is 0 Å². The van der Waals surface area contributed by atoms with Crippen molar-refractivity contribution < 1.29 is 4.74 Å². The molecule has 1 fully saturated rings. The fourth-order valence-electron chi connectivity index (χ4n) is 3.50. The fourth-order valence-corrected chi connectivity index (χ4v) is 4.76. The van der Waals surface area contributed by atoms with Gasteiger partial charge in [-0.2, -0.15) is 11.8 Å². The number of benzene rings is 2. The first-order valence-corrected chi connectivity index (χ1v) is 10.8. The quantitative estimate of drug-likeness (QED) is 0.483. The van der Waals surface area contributed by atoms with Gasteiger partial charge >= 0.3 is 0 Å². The van der Waals surface area contributed by atoms with Crippen molar-refractivity contribution in [2.45, 2.75) is 24.6 Å². The lowest BCUT2D eigenvalue weighted by atomic mass is 10.2. The summed E-state index contributed by atoms with van der Waals surface area (Å²) in [6.07, 6.45) is 6.15. The van der Waals surface area contributed by atoms with E-state index in [1.165, 1.54) is 12.2 Å². The Labute approximate surface area is 173 Å². The van der Waals surface area contributed by atoms with E-state index in [2.05, 4.69) is 31.0 Å². The Balaban J connectivity index is 1.32. The van der Waals surface area contributed by atoms with Gasteiger partial charge in [0, 0.05) is 18.9 Å². The van der Waals surface area contributed by atoms with Crippen LogP contribution in [0.25, 0.3) is 5.65 Å². The molecule has 1 saturated heterocycles. The van der Waals surface area contributed by atoms with Gasteiger partial charge in [0.1, 0.15) is 11.5 Å². The van der Waals surface area contributed by atoms with Crippen molar-refractivity contribution in [1.29, 1.82) is 0 Å². The summed E-state index contributed by atoms with van der Waals surface area (Å²) in [6, 6.07) is 17.8. The molecule has 1 N–H and O–H groups in total. The van der Waals surface area contributed by atoms with Crippen LogP contribution in [-0.4, -0.2) is 25.3 Å². The van der Waals surface area contributed by atoms with E-state index in [0.717, 1.165) is 40.8 Å². The zero-order valence-corrected chi connectivity index (χ0v) is 16.7. The molecule has 0 unspecified atom stereocenters. The van der Waals surface area contributed by atoms with Gasteiger partial charge in [-0.05, 0) is 48.4 Å². The van der Waals surface area contributed by atoms with Crippen LogP contribution in [0.3, 0.4) is 0 Å². The molecule has 0 aliphatic carbocycles. The van der Waals surface area contributed by atoms with Gasteiger partial charge in [0.05, 0.1) is 5.25 Å². The SMILES string of the molecule is c1ccc(Oc2cccc(CNc3nccn4c([C@@H]5CCCS5)nnc34)c2)cc1. The predicted molar refractivity (Wildman–Crippen MR) is 115 cm³/mol. The molecule has 4 aromatic rings. The van der Waals surface area contributed by atoms with Crippen molar-refractivity contribution in [2.75, 3.05) is 11.1 Å². The van der Waals surface area contributed by atoms with Gasteiger partial charge in [0.2, 0.25) is 5.65 Å². The molecule has 0 bridgehead atoms. The summed E-state index contributed by atoms with van der Waals surface area (Å²) in [7, 11) is 0. The van der Waals surface area contributed by atoms with Crippen LogP contribution in [0, 0.1) is 0 Å². The minimum atomic E-state index is 0.423. The number of para-hydroxylation sites is 1. The number of anilines is 1. The molecule has 6 nitrogen and oxygen atoms in total. The normalized spacial score (nSPS) is 16.2. The summed E-state index contributed by atoms with van der Waals surface area (Å²) in [5.41, 5.74) is 1.88. The standard InChI is InChI=1S/C22H21N5OS/c1-2-7-17(8-3-1)28-18-9-4-6-16(14-18)15-24-20-22-26-25-21(19-10-5-13-29-19)27(22)12-11-23-20/h1-4,6-9,11-12,14,19H,5,10,13,15H2,(H,23,24)/t19-/m0/s1. The van der Waals surface area contributed by atoms with Gasteiger partial charge in [-0.15, -0.1) is 10.2 Å². The molecule has 0 radical (unpaired) electrons. The van der Waals surface area contributed by atoms with Crippen molar-refractivity contribution in [3.8, 4) is 11.5 Å². The first kappa shape index (κ1) is 18.0. The van der Waals surface area contributed by atoms with Gasteiger partial charge in [0.15, 0.2) is 11.6 Å². The van der Waals surface area contributed by atoms with Crippen LogP contribution in [0.15, 0.2) is 67.0 Å². The maximum absolute atomic E-state index is 5.93. The molecule has 5 rings (SSSR count). The van der Waals surface area contributed by atoms with E-state index in [9.17, 15) is 0 Å². The van der Waals surface area contributed by atoms with Gasteiger partial charge in [-0.1, -0.05) is 30.3 Å². The van der Waals surface area contributed by atoms with E-state index in [1.807, 2.05) is 66.5 Å². The minimum Gasteiger partial charge on any atom is -0.457 e. The van der Waals surface area contributed by atoms with Gasteiger partial charge in [-0.3, -0.25) is 4.40 Å². The van der Waals surface area contributed by atoms with Crippen LogP contribution in [0.1, 0.15) is 29.5 Å². The molecule has 7 heteroatoms. The van der Waals surface area contributed by atoms with Crippen molar-refractivity contribution >= 4 is 23.2 Å². The molecular weight excluding hydrogens is 382 g/mol. The first-order chi connectivity index (χ1) is 14.4. The Kier molecular flexibility index (Phi) is 5.04. The molecule has 3 heterocycles. The van der Waals surface area contributed by atoms with E-state index < -0.39 is 0 Å². The van der Waals surface area contributed by atoms with Crippen LogP contribution in [0.2, 0.25) is 0 Å². The van der Waals surface area contributed by atoms with Crippen molar-refractivity contribution in [3.05, 3.63) is 78.4 Å². The smallest absolute Gasteiger partial charge is 0.203 e. The highest BCUT2D eigenvalue weighted by molar-refractivity contribution is 7.99. The zero-order valence-electron chi connectivity index (χ0n) is 15.9. The summed E-state index contributed by atoms with van der Waals surface area (Å²) in [5, 5.41) is 12.7. The molecule has 0 spiro atoms. The molecular formula is C22H21N5OS. The third-order valence-electron chi connectivity index (χ3n) is 4.91. The zero-order chi connectivity index (χ0) is 19.5. The van der Waals surface area contributed by atoms with E-state index in [4.69, 9.17) is 4.74 Å². The van der Waals surface area contributed by atoms with Crippen LogP contribution in [-0.2, 0) is 6.54 Å². The first-order valence-electron chi connectivity index (χ1n) is 9.74. The lowest BCUT2D eigenvalue weighted by Gasteiger charge is -2.10. The number of hydrogen-bond acceptors (Lipinski definition) is 6. The molecule has 1 aliphatic rings. The highest BCUT2D eigenvalue weighted by Gasteiger charge is 2.23.